The molecule has 0 bridgehead atoms. The minimum Gasteiger partial charge on any atom is -0.340 e. The van der Waals surface area contributed by atoms with Crippen molar-refractivity contribution in [3.63, 3.8) is 0 Å². The summed E-state index contributed by atoms with van der Waals surface area (Å²) in [5.74, 6) is 0.535. The van der Waals surface area contributed by atoms with Crippen LogP contribution in [0.3, 0.4) is 0 Å². The monoisotopic (exact) mass is 315 g/mol. The molecule has 2 rings (SSSR count). The molecule has 1 aliphatic heterocycles. The van der Waals surface area contributed by atoms with Crippen LogP contribution in [0.1, 0.15) is 25.2 Å². The van der Waals surface area contributed by atoms with E-state index in [-0.39, 0.29) is 5.91 Å². The Labute approximate surface area is 129 Å². The Morgan fingerprint density at radius 3 is 2.73 bits per heavy atom. The molecule has 0 saturated carbocycles. The smallest absolute Gasteiger partial charge is 0.319 e. The highest BCUT2D eigenvalue weighted by Crippen LogP contribution is 2.15. The van der Waals surface area contributed by atoms with Gasteiger partial charge in [0.15, 0.2) is 0 Å². The van der Waals surface area contributed by atoms with Gasteiger partial charge in [0.2, 0.25) is 5.91 Å². The summed E-state index contributed by atoms with van der Waals surface area (Å²) in [6, 6.07) is 0. The van der Waals surface area contributed by atoms with Crippen LogP contribution in [0.2, 0.25) is 0 Å². The predicted molar refractivity (Wildman–Crippen MR) is 78.5 cm³/mol. The summed E-state index contributed by atoms with van der Waals surface area (Å²) >= 11 is 0. The van der Waals surface area contributed by atoms with Gasteiger partial charge in [0.05, 0.1) is 6.54 Å². The number of nitrogens with one attached hydrogen (secondary N) is 1. The molecule has 124 valence electrons. The predicted octanol–water partition coefficient (Wildman–Crippen LogP) is 0.922. The van der Waals surface area contributed by atoms with Crippen molar-refractivity contribution >= 4 is 5.91 Å². The van der Waals surface area contributed by atoms with Crippen LogP contribution in [-0.2, 0) is 11.3 Å². The molecule has 1 amide bonds. The van der Waals surface area contributed by atoms with Gasteiger partial charge in [-0.2, -0.15) is 8.78 Å². The lowest BCUT2D eigenvalue weighted by Gasteiger charge is -2.34. The summed E-state index contributed by atoms with van der Waals surface area (Å²) < 4.78 is 26.4. The second-order valence-electron chi connectivity index (χ2n) is 5.39. The maximum Gasteiger partial charge on any atom is 0.319 e. The molecule has 0 radical (unpaired) electrons. The maximum atomic E-state index is 12.8. The summed E-state index contributed by atoms with van der Waals surface area (Å²) in [5, 5.41) is 3.02. The second kappa shape index (κ2) is 8.19. The number of halogens is 2. The van der Waals surface area contributed by atoms with Gasteiger partial charge in [-0.05, 0) is 20.0 Å². The molecular formula is C14H23F2N5O. The number of rotatable bonds is 7. The first-order valence-electron chi connectivity index (χ1n) is 7.56. The zero-order valence-electron chi connectivity index (χ0n) is 12.8. The van der Waals surface area contributed by atoms with Gasteiger partial charge in [-0.15, -0.1) is 0 Å². The molecule has 0 spiro atoms. The van der Waals surface area contributed by atoms with Crippen molar-refractivity contribution in [2.24, 2.45) is 0 Å². The molecule has 22 heavy (non-hydrogen) atoms. The Morgan fingerprint density at radius 2 is 2.09 bits per heavy atom. The highest BCUT2D eigenvalue weighted by molar-refractivity contribution is 5.76. The third-order valence-corrected chi connectivity index (χ3v) is 3.87. The van der Waals surface area contributed by atoms with Crippen LogP contribution in [0, 0.1) is 0 Å². The van der Waals surface area contributed by atoms with Crippen molar-refractivity contribution in [3.05, 3.63) is 18.2 Å². The van der Waals surface area contributed by atoms with Crippen LogP contribution in [0.4, 0.5) is 8.78 Å². The van der Waals surface area contributed by atoms with Gasteiger partial charge in [-0.1, -0.05) is 0 Å². The van der Waals surface area contributed by atoms with Gasteiger partial charge in [0.1, 0.15) is 5.82 Å². The average Bonchev–Trinajstić information content (AvgIpc) is 2.96. The number of piperazine rings is 1. The molecule has 1 aromatic heterocycles. The fourth-order valence-corrected chi connectivity index (χ4v) is 2.57. The second-order valence-corrected chi connectivity index (χ2v) is 5.39. The molecule has 6 nitrogen and oxygen atoms in total. The lowest BCUT2D eigenvalue weighted by molar-refractivity contribution is -0.133. The van der Waals surface area contributed by atoms with E-state index >= 15 is 0 Å². The van der Waals surface area contributed by atoms with E-state index in [1.807, 2.05) is 11.9 Å². The highest BCUT2D eigenvalue weighted by atomic mass is 19.3. The minimum atomic E-state index is -2.56. The molecule has 1 aromatic rings. The van der Waals surface area contributed by atoms with Crippen LogP contribution in [0.25, 0.3) is 0 Å². The van der Waals surface area contributed by atoms with Crippen molar-refractivity contribution in [2.45, 2.75) is 25.9 Å². The normalized spacial score (nSPS) is 16.5. The Balaban J connectivity index is 1.77. The Bertz CT molecular complexity index is 472. The third kappa shape index (κ3) is 4.48. The van der Waals surface area contributed by atoms with Crippen LogP contribution < -0.4 is 5.32 Å². The molecule has 1 N–H and O–H groups in total. The molecule has 1 saturated heterocycles. The standard InChI is InChI=1S/C14H23F2N5O/c1-17-4-2-3-13(22)20-9-7-19(8-10-20)11-12-18-5-6-21(12)14(15)16/h5-6,14,17H,2-4,7-11H2,1H3. The van der Waals surface area contributed by atoms with Crippen molar-refractivity contribution < 1.29 is 13.6 Å². The van der Waals surface area contributed by atoms with Gasteiger partial charge < -0.3 is 10.2 Å². The van der Waals surface area contributed by atoms with Crippen LogP contribution >= 0.6 is 0 Å². The number of aromatic nitrogens is 2. The van der Waals surface area contributed by atoms with E-state index in [0.717, 1.165) is 17.5 Å². The quantitative estimate of drug-likeness (QED) is 0.760. The molecule has 0 atom stereocenters. The van der Waals surface area contributed by atoms with Gasteiger partial charge in [-0.25, -0.2) is 4.98 Å². The number of carbonyl (C=O) groups excluding carboxylic acids is 1. The summed E-state index contributed by atoms with van der Waals surface area (Å²) in [4.78, 5) is 19.9. The van der Waals surface area contributed by atoms with E-state index < -0.39 is 6.55 Å². The lowest BCUT2D eigenvalue weighted by atomic mass is 10.2. The fourth-order valence-electron chi connectivity index (χ4n) is 2.57. The Morgan fingerprint density at radius 1 is 1.36 bits per heavy atom. The zero-order chi connectivity index (χ0) is 15.9. The molecule has 1 fully saturated rings. The van der Waals surface area contributed by atoms with E-state index in [2.05, 4.69) is 15.2 Å². The van der Waals surface area contributed by atoms with Gasteiger partial charge >= 0.3 is 6.55 Å². The molecule has 8 heteroatoms. The number of hydrogen-bond acceptors (Lipinski definition) is 4. The first kappa shape index (κ1) is 16.8. The van der Waals surface area contributed by atoms with Crippen molar-refractivity contribution in [2.75, 3.05) is 39.8 Å². The van der Waals surface area contributed by atoms with E-state index in [1.165, 1.54) is 12.4 Å². The van der Waals surface area contributed by atoms with Gasteiger partial charge in [0.25, 0.3) is 0 Å². The van der Waals surface area contributed by atoms with Crippen LogP contribution in [-0.4, -0.2) is 65.0 Å². The molecular weight excluding hydrogens is 292 g/mol. The Kier molecular flexibility index (Phi) is 6.26. The molecule has 1 aliphatic rings. The number of alkyl halides is 2. The minimum absolute atomic E-state index is 0.170. The summed E-state index contributed by atoms with van der Waals surface area (Å²) in [6.07, 6.45) is 4.07. The van der Waals surface area contributed by atoms with Crippen LogP contribution in [0.5, 0.6) is 0 Å². The number of amides is 1. The molecule has 0 aliphatic carbocycles. The van der Waals surface area contributed by atoms with Gasteiger partial charge in [0, 0.05) is 45.0 Å². The molecule has 2 heterocycles. The van der Waals surface area contributed by atoms with Crippen molar-refractivity contribution in [1.82, 2.24) is 24.7 Å². The summed E-state index contributed by atoms with van der Waals surface area (Å²) in [6.45, 7) is 1.33. The summed E-state index contributed by atoms with van der Waals surface area (Å²) in [5.41, 5.74) is 0. The zero-order valence-corrected chi connectivity index (χ0v) is 12.8. The average molecular weight is 315 g/mol. The van der Waals surface area contributed by atoms with E-state index in [4.69, 9.17) is 0 Å². The number of hydrogen-bond donors (Lipinski definition) is 1. The van der Waals surface area contributed by atoms with E-state index in [1.54, 1.807) is 0 Å². The third-order valence-electron chi connectivity index (χ3n) is 3.87. The van der Waals surface area contributed by atoms with Gasteiger partial charge in [-0.3, -0.25) is 14.3 Å². The molecule has 0 aromatic carbocycles. The highest BCUT2D eigenvalue weighted by Gasteiger charge is 2.22. The number of nitrogens with zero attached hydrogens (tertiary/aromatic N) is 4. The Hall–Kier alpha value is -1.54. The maximum absolute atomic E-state index is 12.8. The first-order valence-corrected chi connectivity index (χ1v) is 7.56. The SMILES string of the molecule is CNCCCC(=O)N1CCN(Cc2nccn2C(F)F)CC1. The lowest BCUT2D eigenvalue weighted by Crippen LogP contribution is -2.48. The topological polar surface area (TPSA) is 53.4 Å². The van der Waals surface area contributed by atoms with Crippen molar-refractivity contribution in [1.29, 1.82) is 0 Å². The van der Waals surface area contributed by atoms with E-state index in [9.17, 15) is 13.6 Å². The van der Waals surface area contributed by atoms with E-state index in [0.29, 0.717) is 45.0 Å². The number of imidazole rings is 1. The molecule has 0 unspecified atom stereocenters. The first-order chi connectivity index (χ1) is 10.6. The van der Waals surface area contributed by atoms with Crippen molar-refractivity contribution in [3.8, 4) is 0 Å². The summed E-state index contributed by atoms with van der Waals surface area (Å²) in [7, 11) is 1.87. The largest absolute Gasteiger partial charge is 0.340 e. The fraction of sp³-hybridized carbons (Fsp3) is 0.714. The number of carbonyl (C=O) groups is 1. The van der Waals surface area contributed by atoms with Crippen LogP contribution in [0.15, 0.2) is 12.4 Å².